The number of rotatable bonds is 2. The fraction of sp³-hybridized carbons (Fsp3) is 0.391. The third-order valence-corrected chi connectivity index (χ3v) is 6.44. The van der Waals surface area contributed by atoms with Gasteiger partial charge < -0.3 is 4.90 Å². The first-order valence-corrected chi connectivity index (χ1v) is 11.3. The molecule has 0 aromatic heterocycles. The van der Waals surface area contributed by atoms with Crippen molar-refractivity contribution in [2.24, 2.45) is 9.98 Å². The molecule has 0 bridgehead atoms. The summed E-state index contributed by atoms with van der Waals surface area (Å²) in [5, 5.41) is 0.839. The molecule has 1 spiro atoms. The SMILES string of the molecule is CSC1=NC(=Nc2cccc(C(F)(F)F)c2)C2(CCCCC2)N1c1ccc(C)cc1.I. The Kier molecular flexibility index (Phi) is 7.40. The van der Waals surface area contributed by atoms with Gasteiger partial charge in [0.2, 0.25) is 0 Å². The summed E-state index contributed by atoms with van der Waals surface area (Å²) in [6.45, 7) is 2.05. The summed E-state index contributed by atoms with van der Waals surface area (Å²) in [5.74, 6) is 0.617. The summed E-state index contributed by atoms with van der Waals surface area (Å²) in [5.41, 5.74) is 1.41. The van der Waals surface area contributed by atoms with E-state index in [1.807, 2.05) is 13.2 Å². The first kappa shape index (κ1) is 24.1. The maximum absolute atomic E-state index is 13.2. The van der Waals surface area contributed by atoms with Crippen molar-refractivity contribution < 1.29 is 13.2 Å². The van der Waals surface area contributed by atoms with Crippen molar-refractivity contribution in [1.29, 1.82) is 0 Å². The lowest BCUT2D eigenvalue weighted by atomic mass is 9.79. The number of alkyl halides is 3. The standard InChI is InChI=1S/C23H24F3N3S.HI/c1-16-9-11-19(12-10-16)29-21(30-2)28-20(22(29)13-4-3-5-14-22)27-18-8-6-7-17(15-18)23(24,25)26;/h6-12,15H,3-5,13-14H2,1-2H3;1H. The topological polar surface area (TPSA) is 28.0 Å². The van der Waals surface area contributed by atoms with Gasteiger partial charge in [-0.25, -0.2) is 9.98 Å². The largest absolute Gasteiger partial charge is 0.416 e. The van der Waals surface area contributed by atoms with Crippen LogP contribution in [0.4, 0.5) is 24.5 Å². The molecule has 0 N–H and O–H groups in total. The zero-order valence-electron chi connectivity index (χ0n) is 17.4. The molecule has 1 fully saturated rings. The molecule has 0 atom stereocenters. The molecule has 0 unspecified atom stereocenters. The molecule has 2 aromatic carbocycles. The third kappa shape index (κ3) is 4.79. The molecule has 2 aliphatic rings. The van der Waals surface area contributed by atoms with Gasteiger partial charge in [-0.3, -0.25) is 0 Å². The van der Waals surface area contributed by atoms with E-state index in [-0.39, 0.29) is 24.0 Å². The zero-order valence-corrected chi connectivity index (χ0v) is 20.6. The van der Waals surface area contributed by atoms with E-state index in [0.29, 0.717) is 11.5 Å². The van der Waals surface area contributed by atoms with Crippen LogP contribution in [-0.2, 0) is 6.18 Å². The maximum atomic E-state index is 13.2. The molecular weight excluding hydrogens is 534 g/mol. The quantitative estimate of drug-likeness (QED) is 0.355. The van der Waals surface area contributed by atoms with Gasteiger partial charge in [-0.2, -0.15) is 13.2 Å². The van der Waals surface area contributed by atoms with Gasteiger partial charge in [0.15, 0.2) is 11.0 Å². The van der Waals surface area contributed by atoms with E-state index in [1.165, 1.54) is 11.6 Å². The van der Waals surface area contributed by atoms with Crippen LogP contribution in [0, 0.1) is 6.92 Å². The summed E-state index contributed by atoms with van der Waals surface area (Å²) in [6.07, 6.45) is 2.58. The highest BCUT2D eigenvalue weighted by Crippen LogP contribution is 2.44. The van der Waals surface area contributed by atoms with Crippen molar-refractivity contribution >= 4 is 58.1 Å². The monoisotopic (exact) mass is 559 g/mol. The van der Waals surface area contributed by atoms with Crippen molar-refractivity contribution in [2.75, 3.05) is 11.2 Å². The maximum Gasteiger partial charge on any atom is 0.416 e. The molecule has 166 valence electrons. The summed E-state index contributed by atoms with van der Waals surface area (Å²) < 4.78 is 39.5. The highest BCUT2D eigenvalue weighted by Gasteiger charge is 2.49. The number of nitrogens with zero attached hydrogens (tertiary/aromatic N) is 3. The van der Waals surface area contributed by atoms with Gasteiger partial charge in [0.05, 0.1) is 11.3 Å². The van der Waals surface area contributed by atoms with Crippen molar-refractivity contribution in [3.05, 3.63) is 59.7 Å². The predicted molar refractivity (Wildman–Crippen MR) is 134 cm³/mol. The highest BCUT2D eigenvalue weighted by molar-refractivity contribution is 14.0. The van der Waals surface area contributed by atoms with Crippen LogP contribution in [-0.4, -0.2) is 22.8 Å². The Morgan fingerprint density at radius 2 is 1.71 bits per heavy atom. The third-order valence-electron chi connectivity index (χ3n) is 5.80. The van der Waals surface area contributed by atoms with Crippen molar-refractivity contribution in [1.82, 2.24) is 0 Å². The fourth-order valence-electron chi connectivity index (χ4n) is 4.30. The van der Waals surface area contributed by atoms with Crippen LogP contribution >= 0.6 is 35.7 Å². The molecule has 1 aliphatic heterocycles. The Bertz CT molecular complexity index is 980. The molecule has 8 heteroatoms. The van der Waals surface area contributed by atoms with Crippen LogP contribution in [0.5, 0.6) is 0 Å². The molecule has 1 saturated carbocycles. The molecular formula is C23H25F3IN3S. The minimum absolute atomic E-state index is 0. The van der Waals surface area contributed by atoms with Gasteiger partial charge in [-0.15, -0.1) is 24.0 Å². The number of aliphatic imine (C=N–C) groups is 2. The summed E-state index contributed by atoms with van der Waals surface area (Å²) in [7, 11) is 0. The summed E-state index contributed by atoms with van der Waals surface area (Å²) in [6, 6.07) is 13.5. The number of thioether (sulfide) groups is 1. The van der Waals surface area contributed by atoms with Gasteiger partial charge in [0.25, 0.3) is 0 Å². The van der Waals surface area contributed by atoms with Crippen LogP contribution < -0.4 is 4.90 Å². The molecule has 4 rings (SSSR count). The van der Waals surface area contributed by atoms with Gasteiger partial charge in [0, 0.05) is 5.69 Å². The zero-order chi connectivity index (χ0) is 21.4. The van der Waals surface area contributed by atoms with E-state index in [2.05, 4.69) is 34.2 Å². The lowest BCUT2D eigenvalue weighted by molar-refractivity contribution is -0.137. The Hall–Kier alpha value is -1.55. The van der Waals surface area contributed by atoms with Gasteiger partial charge in [-0.05, 0) is 56.4 Å². The second-order valence-electron chi connectivity index (χ2n) is 7.85. The minimum Gasteiger partial charge on any atom is -0.307 e. The van der Waals surface area contributed by atoms with E-state index in [0.717, 1.165) is 55.1 Å². The summed E-state index contributed by atoms with van der Waals surface area (Å²) >= 11 is 1.54. The van der Waals surface area contributed by atoms with E-state index >= 15 is 0 Å². The van der Waals surface area contributed by atoms with Gasteiger partial charge in [0.1, 0.15) is 5.54 Å². The van der Waals surface area contributed by atoms with Crippen LogP contribution in [0.1, 0.15) is 43.2 Å². The lowest BCUT2D eigenvalue weighted by Gasteiger charge is -2.42. The van der Waals surface area contributed by atoms with E-state index < -0.39 is 17.3 Å². The molecule has 0 amide bonds. The molecule has 1 aliphatic carbocycles. The second kappa shape index (κ2) is 9.52. The molecule has 0 radical (unpaired) electrons. The number of anilines is 1. The fourth-order valence-corrected chi connectivity index (χ4v) is 4.94. The highest BCUT2D eigenvalue weighted by atomic mass is 127. The van der Waals surface area contributed by atoms with Gasteiger partial charge >= 0.3 is 6.18 Å². The summed E-state index contributed by atoms with van der Waals surface area (Å²) in [4.78, 5) is 11.8. The van der Waals surface area contributed by atoms with Crippen LogP contribution in [0.15, 0.2) is 58.5 Å². The van der Waals surface area contributed by atoms with E-state index in [4.69, 9.17) is 4.99 Å². The average molecular weight is 559 g/mol. The Balaban J connectivity index is 0.00000272. The number of aryl methyl sites for hydroxylation is 1. The van der Waals surface area contributed by atoms with Crippen molar-refractivity contribution in [2.45, 2.75) is 50.7 Å². The van der Waals surface area contributed by atoms with Crippen LogP contribution in [0.25, 0.3) is 0 Å². The van der Waals surface area contributed by atoms with E-state index in [9.17, 15) is 13.2 Å². The number of hydrogen-bond acceptors (Lipinski definition) is 3. The first-order valence-electron chi connectivity index (χ1n) is 10.1. The lowest BCUT2D eigenvalue weighted by Crippen LogP contribution is -2.52. The average Bonchev–Trinajstić information content (AvgIpc) is 3.01. The van der Waals surface area contributed by atoms with Crippen LogP contribution in [0.3, 0.4) is 0 Å². The number of amidine groups is 2. The Morgan fingerprint density at radius 1 is 1.03 bits per heavy atom. The molecule has 1 heterocycles. The molecule has 2 aromatic rings. The predicted octanol–water partition coefficient (Wildman–Crippen LogP) is 7.60. The number of halogens is 4. The molecule has 0 saturated heterocycles. The molecule has 31 heavy (non-hydrogen) atoms. The Morgan fingerprint density at radius 3 is 2.32 bits per heavy atom. The first-order chi connectivity index (χ1) is 14.3. The minimum atomic E-state index is -4.39. The Labute approximate surface area is 202 Å². The van der Waals surface area contributed by atoms with E-state index in [1.54, 1.807) is 17.8 Å². The smallest absolute Gasteiger partial charge is 0.307 e. The normalized spacial score (nSPS) is 19.5. The second-order valence-corrected chi connectivity index (χ2v) is 8.62. The van der Waals surface area contributed by atoms with Crippen molar-refractivity contribution in [3.8, 4) is 0 Å². The van der Waals surface area contributed by atoms with Gasteiger partial charge in [-0.1, -0.05) is 54.8 Å². The number of hydrogen-bond donors (Lipinski definition) is 0. The van der Waals surface area contributed by atoms with Crippen LogP contribution in [0.2, 0.25) is 0 Å². The molecule has 3 nitrogen and oxygen atoms in total. The van der Waals surface area contributed by atoms with Crippen molar-refractivity contribution in [3.63, 3.8) is 0 Å². The number of benzene rings is 2.